The Bertz CT molecular complexity index is 1110. The number of anilines is 1. The molecule has 1 unspecified atom stereocenters. The smallest absolute Gasteiger partial charge is 0.141 e. The lowest BCUT2D eigenvalue weighted by atomic mass is 10.1. The molecule has 1 aliphatic rings. The molecule has 1 atom stereocenters. The number of aromatic amines is 1. The lowest BCUT2D eigenvalue weighted by Crippen LogP contribution is -2.36. The molecule has 1 aliphatic heterocycles. The standard InChI is InChI=1S/C20H22N8O/c21-8-18(14-7-16(11-22-9-14)27-3-5-29-6-4-27)28-12-15(10-26-28)19-17-1-2-23-20(17)25-13-24-19/h1-2,7,9-13,18H,3-6,8,21H2,(H,23,24,25). The zero-order valence-corrected chi connectivity index (χ0v) is 15.9. The van der Waals surface area contributed by atoms with Gasteiger partial charge in [-0.3, -0.25) is 9.67 Å². The summed E-state index contributed by atoms with van der Waals surface area (Å²) < 4.78 is 7.34. The Labute approximate surface area is 167 Å². The molecule has 3 N–H and O–H groups in total. The van der Waals surface area contributed by atoms with Gasteiger partial charge in [0.05, 0.1) is 43.0 Å². The van der Waals surface area contributed by atoms with Crippen molar-refractivity contribution in [2.24, 2.45) is 5.73 Å². The molecule has 5 heterocycles. The highest BCUT2D eigenvalue weighted by molar-refractivity contribution is 5.89. The van der Waals surface area contributed by atoms with Gasteiger partial charge in [0.1, 0.15) is 12.0 Å². The zero-order chi connectivity index (χ0) is 19.6. The highest BCUT2D eigenvalue weighted by atomic mass is 16.5. The summed E-state index contributed by atoms with van der Waals surface area (Å²) in [5, 5.41) is 5.54. The lowest BCUT2D eigenvalue weighted by Gasteiger charge is -2.29. The fraction of sp³-hybridized carbons (Fsp3) is 0.300. The molecule has 9 heteroatoms. The van der Waals surface area contributed by atoms with E-state index in [2.05, 4.69) is 36.0 Å². The number of hydrogen-bond donors (Lipinski definition) is 2. The third kappa shape index (κ3) is 3.34. The van der Waals surface area contributed by atoms with Crippen LogP contribution in [0.25, 0.3) is 22.3 Å². The second-order valence-electron chi connectivity index (χ2n) is 7.00. The lowest BCUT2D eigenvalue weighted by molar-refractivity contribution is 0.122. The first kappa shape index (κ1) is 17.8. The van der Waals surface area contributed by atoms with Crippen LogP contribution in [0.1, 0.15) is 11.6 Å². The molecule has 9 nitrogen and oxygen atoms in total. The highest BCUT2D eigenvalue weighted by Crippen LogP contribution is 2.27. The van der Waals surface area contributed by atoms with E-state index in [-0.39, 0.29) is 6.04 Å². The Morgan fingerprint density at radius 2 is 2.07 bits per heavy atom. The van der Waals surface area contributed by atoms with Crippen molar-refractivity contribution < 1.29 is 4.74 Å². The summed E-state index contributed by atoms with van der Waals surface area (Å²) in [6, 6.07) is 4.01. The number of ether oxygens (including phenoxy) is 1. The Morgan fingerprint density at radius 3 is 2.93 bits per heavy atom. The van der Waals surface area contributed by atoms with Crippen LogP contribution >= 0.6 is 0 Å². The fourth-order valence-corrected chi connectivity index (χ4v) is 3.75. The van der Waals surface area contributed by atoms with Gasteiger partial charge in [0, 0.05) is 49.2 Å². The molecule has 0 aliphatic carbocycles. The predicted octanol–water partition coefficient (Wildman–Crippen LogP) is 1.60. The second kappa shape index (κ2) is 7.61. The molecule has 29 heavy (non-hydrogen) atoms. The van der Waals surface area contributed by atoms with Crippen molar-refractivity contribution in [1.82, 2.24) is 29.7 Å². The van der Waals surface area contributed by atoms with Crippen LogP contribution in [0.4, 0.5) is 5.69 Å². The molecular weight excluding hydrogens is 368 g/mol. The number of H-pyrrole nitrogens is 1. The normalized spacial score (nSPS) is 15.7. The van der Waals surface area contributed by atoms with Crippen molar-refractivity contribution in [3.8, 4) is 11.3 Å². The highest BCUT2D eigenvalue weighted by Gasteiger charge is 2.18. The van der Waals surface area contributed by atoms with Gasteiger partial charge < -0.3 is 20.4 Å². The van der Waals surface area contributed by atoms with Crippen molar-refractivity contribution in [2.75, 3.05) is 37.7 Å². The van der Waals surface area contributed by atoms with Crippen LogP contribution in [0.15, 0.2) is 49.4 Å². The molecule has 0 spiro atoms. The largest absolute Gasteiger partial charge is 0.378 e. The van der Waals surface area contributed by atoms with Crippen LogP contribution in [0.2, 0.25) is 0 Å². The Hall–Kier alpha value is -3.30. The molecule has 0 amide bonds. The Morgan fingerprint density at radius 1 is 1.17 bits per heavy atom. The number of aromatic nitrogens is 6. The number of nitrogens with one attached hydrogen (secondary N) is 1. The molecular formula is C20H22N8O. The number of fused-ring (bicyclic) bond motifs is 1. The van der Waals surface area contributed by atoms with Crippen LogP contribution < -0.4 is 10.6 Å². The molecule has 0 bridgehead atoms. The van der Waals surface area contributed by atoms with E-state index < -0.39 is 0 Å². The van der Waals surface area contributed by atoms with Gasteiger partial charge >= 0.3 is 0 Å². The minimum absolute atomic E-state index is 0.110. The number of hydrogen-bond acceptors (Lipinski definition) is 7. The van der Waals surface area contributed by atoms with Crippen molar-refractivity contribution in [3.05, 3.63) is 55.0 Å². The van der Waals surface area contributed by atoms with Crippen LogP contribution in [0.3, 0.4) is 0 Å². The van der Waals surface area contributed by atoms with Gasteiger partial charge in [0.15, 0.2) is 0 Å². The van der Waals surface area contributed by atoms with Crippen molar-refractivity contribution in [1.29, 1.82) is 0 Å². The van der Waals surface area contributed by atoms with E-state index in [1.165, 1.54) is 0 Å². The maximum atomic E-state index is 6.13. The first-order chi connectivity index (χ1) is 14.3. The van der Waals surface area contributed by atoms with Gasteiger partial charge in [-0.2, -0.15) is 5.10 Å². The van der Waals surface area contributed by atoms with E-state index in [0.29, 0.717) is 6.54 Å². The zero-order valence-electron chi connectivity index (χ0n) is 15.9. The first-order valence-electron chi connectivity index (χ1n) is 9.64. The summed E-state index contributed by atoms with van der Waals surface area (Å²) in [6.07, 6.45) is 11.0. The fourth-order valence-electron chi connectivity index (χ4n) is 3.75. The summed E-state index contributed by atoms with van der Waals surface area (Å²) in [5.41, 5.74) is 10.8. The van der Waals surface area contributed by atoms with Gasteiger partial charge in [0.2, 0.25) is 0 Å². The van der Waals surface area contributed by atoms with Crippen molar-refractivity contribution in [3.63, 3.8) is 0 Å². The number of rotatable bonds is 5. The van der Waals surface area contributed by atoms with Crippen molar-refractivity contribution >= 4 is 16.7 Å². The summed E-state index contributed by atoms with van der Waals surface area (Å²) in [5.74, 6) is 0. The third-order valence-corrected chi connectivity index (χ3v) is 5.28. The first-order valence-corrected chi connectivity index (χ1v) is 9.64. The minimum Gasteiger partial charge on any atom is -0.378 e. The molecule has 0 saturated carbocycles. The van der Waals surface area contributed by atoms with Gasteiger partial charge in [-0.05, 0) is 17.7 Å². The summed E-state index contributed by atoms with van der Waals surface area (Å²) in [4.78, 5) is 18.5. The topological polar surface area (TPSA) is 111 Å². The Balaban J connectivity index is 1.46. The monoisotopic (exact) mass is 390 g/mol. The molecule has 0 radical (unpaired) electrons. The third-order valence-electron chi connectivity index (χ3n) is 5.28. The van der Waals surface area contributed by atoms with Gasteiger partial charge in [-0.1, -0.05) is 0 Å². The number of morpholine rings is 1. The SMILES string of the molecule is NCC(c1cncc(N2CCOCC2)c1)n1cc(-c2ncnc3[nH]ccc23)cn1. The maximum absolute atomic E-state index is 6.13. The van der Waals surface area contributed by atoms with Crippen LogP contribution in [0, 0.1) is 0 Å². The van der Waals surface area contributed by atoms with Crippen LogP contribution in [-0.2, 0) is 4.74 Å². The summed E-state index contributed by atoms with van der Waals surface area (Å²) in [7, 11) is 0. The number of pyridine rings is 1. The molecule has 4 aromatic rings. The number of nitrogens with zero attached hydrogens (tertiary/aromatic N) is 6. The van der Waals surface area contributed by atoms with Crippen LogP contribution in [-0.4, -0.2) is 62.6 Å². The maximum Gasteiger partial charge on any atom is 0.141 e. The minimum atomic E-state index is -0.110. The predicted molar refractivity (Wildman–Crippen MR) is 110 cm³/mol. The Kier molecular flexibility index (Phi) is 4.66. The molecule has 0 aromatic carbocycles. The van der Waals surface area contributed by atoms with E-state index in [4.69, 9.17) is 10.5 Å². The van der Waals surface area contributed by atoms with Gasteiger partial charge in [-0.15, -0.1) is 0 Å². The molecule has 5 rings (SSSR count). The van der Waals surface area contributed by atoms with Crippen LogP contribution in [0.5, 0.6) is 0 Å². The van der Waals surface area contributed by atoms with Gasteiger partial charge in [0.25, 0.3) is 0 Å². The molecule has 1 saturated heterocycles. The van der Waals surface area contributed by atoms with E-state index in [0.717, 1.165) is 59.8 Å². The molecule has 4 aromatic heterocycles. The van der Waals surface area contributed by atoms with E-state index in [1.54, 1.807) is 6.33 Å². The average molecular weight is 390 g/mol. The van der Waals surface area contributed by atoms with E-state index >= 15 is 0 Å². The van der Waals surface area contributed by atoms with Crippen molar-refractivity contribution in [2.45, 2.75) is 6.04 Å². The van der Waals surface area contributed by atoms with Gasteiger partial charge in [-0.25, -0.2) is 9.97 Å². The van der Waals surface area contributed by atoms with E-state index in [9.17, 15) is 0 Å². The average Bonchev–Trinajstić information content (AvgIpc) is 3.45. The quantitative estimate of drug-likeness (QED) is 0.532. The molecule has 148 valence electrons. The summed E-state index contributed by atoms with van der Waals surface area (Å²) >= 11 is 0. The second-order valence-corrected chi connectivity index (χ2v) is 7.00. The van der Waals surface area contributed by atoms with E-state index in [1.807, 2.05) is 41.7 Å². The number of nitrogens with two attached hydrogens (primary N) is 1. The molecule has 1 fully saturated rings. The summed E-state index contributed by atoms with van der Waals surface area (Å²) in [6.45, 7) is 3.62.